The lowest BCUT2D eigenvalue weighted by Gasteiger charge is -2.25. The minimum Gasteiger partial charge on any atom is -0.472 e. The van der Waals surface area contributed by atoms with Gasteiger partial charge in [-0.15, -0.1) is 6.58 Å². The summed E-state index contributed by atoms with van der Waals surface area (Å²) in [6.07, 6.45) is 7.29. The van der Waals surface area contributed by atoms with E-state index in [2.05, 4.69) is 41.4 Å². The van der Waals surface area contributed by atoms with Crippen LogP contribution in [0.2, 0.25) is 0 Å². The summed E-state index contributed by atoms with van der Waals surface area (Å²) in [6, 6.07) is 7.12. The highest BCUT2D eigenvalue weighted by Gasteiger charge is 2.61. The van der Waals surface area contributed by atoms with Crippen LogP contribution < -0.4 is 20.7 Å². The molecule has 5 rings (SSSR count). The predicted octanol–water partition coefficient (Wildman–Crippen LogP) is 7.00. The monoisotopic (exact) mass is 757 g/mol. The normalized spacial score (nSPS) is 21.9. The van der Waals surface area contributed by atoms with E-state index in [9.17, 15) is 32.3 Å². The number of allylic oxidation sites excluding steroid dienone is 1. The van der Waals surface area contributed by atoms with Crippen molar-refractivity contribution in [2.75, 3.05) is 19.7 Å². The minimum absolute atomic E-state index is 0.0414. The van der Waals surface area contributed by atoms with E-state index in [0.717, 1.165) is 42.0 Å². The average Bonchev–Trinajstić information content (AvgIpc) is 4.03. The van der Waals surface area contributed by atoms with Crippen molar-refractivity contribution in [1.82, 2.24) is 25.8 Å². The quantitative estimate of drug-likeness (QED) is 0.117. The van der Waals surface area contributed by atoms with E-state index >= 15 is 0 Å². The third-order valence-electron chi connectivity index (χ3n) is 9.43. The molecule has 0 spiro atoms. The number of carbonyl (C=O) groups excluding carboxylic acids is 4. The summed E-state index contributed by atoms with van der Waals surface area (Å²) in [7, 11) is 0. The van der Waals surface area contributed by atoms with Crippen molar-refractivity contribution < 1.29 is 41.8 Å². The molecule has 14 heteroatoms. The van der Waals surface area contributed by atoms with Crippen LogP contribution in [0.3, 0.4) is 0 Å². The fourth-order valence-corrected chi connectivity index (χ4v) is 6.31. The van der Waals surface area contributed by atoms with Gasteiger partial charge < -0.3 is 30.3 Å². The molecule has 4 amide bonds. The van der Waals surface area contributed by atoms with Crippen molar-refractivity contribution in [2.24, 2.45) is 5.92 Å². The molecule has 0 bridgehead atoms. The topological polar surface area (TPSA) is 139 Å². The molecule has 3 fully saturated rings. The van der Waals surface area contributed by atoms with Crippen LogP contribution in [0.15, 0.2) is 49.2 Å². The van der Waals surface area contributed by atoms with Crippen molar-refractivity contribution in [2.45, 2.75) is 121 Å². The van der Waals surface area contributed by atoms with Gasteiger partial charge in [0.1, 0.15) is 17.7 Å². The zero-order chi connectivity index (χ0) is 39.3. The maximum absolute atomic E-state index is 13.6. The number of hydrogen-bond donors (Lipinski definition) is 3. The highest BCUT2D eigenvalue weighted by molar-refractivity contribution is 5.98. The van der Waals surface area contributed by atoms with E-state index in [1.165, 1.54) is 18.2 Å². The second kappa shape index (κ2) is 19.6. The Morgan fingerprint density at radius 1 is 1.09 bits per heavy atom. The number of alkyl carbamates (subject to hydrolysis) is 1. The van der Waals surface area contributed by atoms with Crippen LogP contribution in [0.1, 0.15) is 97.0 Å². The molecule has 2 heterocycles. The van der Waals surface area contributed by atoms with Crippen molar-refractivity contribution >= 4 is 40.7 Å². The molecule has 2 saturated carbocycles. The predicted molar refractivity (Wildman–Crippen MR) is 200 cm³/mol. The minimum atomic E-state index is -4.19. The third-order valence-corrected chi connectivity index (χ3v) is 9.43. The molecule has 54 heavy (non-hydrogen) atoms. The van der Waals surface area contributed by atoms with Gasteiger partial charge in [0.25, 0.3) is 0 Å². The van der Waals surface area contributed by atoms with Crippen LogP contribution in [-0.4, -0.2) is 83.3 Å². The lowest BCUT2D eigenvalue weighted by molar-refractivity contribution is -0.138. The second-order valence-electron chi connectivity index (χ2n) is 14.3. The summed E-state index contributed by atoms with van der Waals surface area (Å²) in [4.78, 5) is 56.9. The van der Waals surface area contributed by atoms with Gasteiger partial charge in [-0.3, -0.25) is 14.4 Å². The van der Waals surface area contributed by atoms with Crippen molar-refractivity contribution in [1.29, 1.82) is 0 Å². The highest BCUT2D eigenvalue weighted by atomic mass is 19.4. The van der Waals surface area contributed by atoms with E-state index in [0.29, 0.717) is 18.7 Å². The number of aromatic nitrogens is 1. The molecule has 1 aliphatic heterocycles. The van der Waals surface area contributed by atoms with Crippen LogP contribution in [0.25, 0.3) is 16.8 Å². The van der Waals surface area contributed by atoms with Gasteiger partial charge in [0.2, 0.25) is 23.6 Å². The van der Waals surface area contributed by atoms with Gasteiger partial charge >= 0.3 is 12.3 Å². The SMILES string of the molecule is C=CC1CC1(NC(=O)C1CC(Oc2nccc3ccc(/C=C/CCCCOC(=O)NCCCCC(F)(F)F)cc23)CN1C(C)=O)C(=O)NC1CC1.CCC. The molecule has 4 unspecified atom stereocenters. The molecule has 11 nitrogen and oxygen atoms in total. The van der Waals surface area contributed by atoms with Crippen LogP contribution in [0.5, 0.6) is 5.88 Å². The average molecular weight is 758 g/mol. The third kappa shape index (κ3) is 12.5. The number of ether oxygens (including phenoxy) is 2. The summed E-state index contributed by atoms with van der Waals surface area (Å²) in [5.74, 6) is -0.639. The van der Waals surface area contributed by atoms with Gasteiger partial charge in [-0.25, -0.2) is 9.78 Å². The summed E-state index contributed by atoms with van der Waals surface area (Å²) in [5.41, 5.74) is -0.118. The number of fused-ring (bicyclic) bond motifs is 1. The Hall–Kier alpha value is -4.62. The van der Waals surface area contributed by atoms with Gasteiger partial charge in [0.15, 0.2) is 0 Å². The maximum Gasteiger partial charge on any atom is 0.407 e. The Balaban J connectivity index is 0.00000209. The number of amides is 4. The molecule has 1 aromatic heterocycles. The van der Waals surface area contributed by atoms with Crippen molar-refractivity contribution in [3.8, 4) is 5.88 Å². The Morgan fingerprint density at radius 2 is 1.85 bits per heavy atom. The summed E-state index contributed by atoms with van der Waals surface area (Å²) in [5, 5.41) is 10.1. The van der Waals surface area contributed by atoms with E-state index in [-0.39, 0.29) is 62.7 Å². The number of rotatable bonds is 17. The fraction of sp³-hybridized carbons (Fsp3) is 0.575. The van der Waals surface area contributed by atoms with Crippen molar-refractivity contribution in [3.63, 3.8) is 0 Å². The maximum atomic E-state index is 13.6. The van der Waals surface area contributed by atoms with Gasteiger partial charge in [0, 0.05) is 49.9 Å². The van der Waals surface area contributed by atoms with Gasteiger partial charge in [0.05, 0.1) is 13.2 Å². The zero-order valence-corrected chi connectivity index (χ0v) is 31.5. The second-order valence-corrected chi connectivity index (χ2v) is 14.3. The number of unbranched alkanes of at least 4 members (excludes halogenated alkanes) is 3. The molecule has 1 saturated heterocycles. The first-order valence-electron chi connectivity index (χ1n) is 19.0. The number of carbonyl (C=O) groups is 4. The summed E-state index contributed by atoms with van der Waals surface area (Å²) < 4.78 is 48.0. The van der Waals surface area contributed by atoms with Gasteiger partial charge in [-0.2, -0.15) is 13.2 Å². The Morgan fingerprint density at radius 3 is 2.52 bits per heavy atom. The molecule has 0 radical (unpaired) electrons. The smallest absolute Gasteiger partial charge is 0.407 e. The molecular formula is C40H54F3N5O6. The zero-order valence-electron chi connectivity index (χ0n) is 31.5. The van der Waals surface area contributed by atoms with Crippen molar-refractivity contribution in [3.05, 3.63) is 54.8 Å². The first kappa shape index (κ1) is 42.1. The standard InChI is InChI=1S/C37H46F3N5O6.C3H8/c1-3-27-22-36(27,34(48)43-28-13-14-28)44-32(47)31-21-29(23-45(31)24(2)46)51-33-30-20-25(11-12-26(30)15-18-41-33)10-6-4-5-9-19-50-35(49)42-17-8-7-16-37(38,39)40;1-3-2/h3,6,10-12,15,18,20,27-29,31H,1,4-5,7-9,13-14,16-17,19,21-23H2,2H3,(H,42,49)(H,43,48)(H,44,47);3H2,1-2H3/b10-6+;. The first-order chi connectivity index (χ1) is 25.8. The molecule has 2 aromatic rings. The van der Waals surface area contributed by atoms with E-state index in [1.807, 2.05) is 36.4 Å². The summed E-state index contributed by atoms with van der Waals surface area (Å²) >= 11 is 0. The number of alkyl halides is 3. The van der Waals surface area contributed by atoms with E-state index in [1.54, 1.807) is 12.3 Å². The Kier molecular flexibility index (Phi) is 15.3. The fourth-order valence-electron chi connectivity index (χ4n) is 6.31. The highest BCUT2D eigenvalue weighted by Crippen LogP contribution is 2.45. The number of pyridine rings is 1. The molecule has 296 valence electrons. The number of likely N-dealkylation sites (tertiary alicyclic amines) is 1. The lowest BCUT2D eigenvalue weighted by Crippen LogP contribution is -2.55. The molecule has 3 N–H and O–H groups in total. The largest absolute Gasteiger partial charge is 0.472 e. The van der Waals surface area contributed by atoms with E-state index < -0.39 is 42.3 Å². The number of nitrogens with zero attached hydrogens (tertiary/aromatic N) is 2. The van der Waals surface area contributed by atoms with Gasteiger partial charge in [-0.05, 0) is 74.4 Å². The number of benzene rings is 1. The Labute approximate surface area is 315 Å². The molecular weight excluding hydrogens is 703 g/mol. The molecule has 3 aliphatic rings. The number of halogens is 3. The lowest BCUT2D eigenvalue weighted by atomic mass is 10.1. The van der Waals surface area contributed by atoms with Crippen LogP contribution in [0.4, 0.5) is 18.0 Å². The van der Waals surface area contributed by atoms with Crippen LogP contribution >= 0.6 is 0 Å². The molecule has 4 atom stereocenters. The van der Waals surface area contributed by atoms with E-state index in [4.69, 9.17) is 9.47 Å². The Bertz CT molecular complexity index is 1650. The van der Waals surface area contributed by atoms with Crippen LogP contribution in [-0.2, 0) is 19.1 Å². The summed E-state index contributed by atoms with van der Waals surface area (Å²) in [6.45, 7) is 10.0. The number of hydrogen-bond acceptors (Lipinski definition) is 7. The molecule has 1 aromatic carbocycles. The first-order valence-corrected chi connectivity index (χ1v) is 19.0. The molecule has 2 aliphatic carbocycles. The van der Waals surface area contributed by atoms with Crippen LogP contribution in [0, 0.1) is 5.92 Å². The van der Waals surface area contributed by atoms with Gasteiger partial charge in [-0.1, -0.05) is 50.6 Å². The number of nitrogens with one attached hydrogen (secondary N) is 3.